The quantitative estimate of drug-likeness (QED) is 0.403. The summed E-state index contributed by atoms with van der Waals surface area (Å²) in [5.41, 5.74) is 5.98. The molecule has 0 saturated carbocycles. The average molecular weight is 301 g/mol. The van der Waals surface area contributed by atoms with Gasteiger partial charge in [0, 0.05) is 19.2 Å². The van der Waals surface area contributed by atoms with Crippen LogP contribution in [-0.2, 0) is 10.4 Å². The highest BCUT2D eigenvalue weighted by atomic mass is 32.3. The lowest BCUT2D eigenvalue weighted by atomic mass is 10.3. The molecule has 0 atom stereocenters. The maximum atomic E-state index is 10.7. The predicted molar refractivity (Wildman–Crippen MR) is 74.3 cm³/mol. The fraction of sp³-hybridized carbons (Fsp3) is 0.273. The molecule has 1 rings (SSSR count). The lowest BCUT2D eigenvalue weighted by Crippen LogP contribution is -2.51. The summed E-state index contributed by atoms with van der Waals surface area (Å²) in [7, 11) is -4.68. The number of nitrogen functional groups attached to an aromatic ring is 1. The van der Waals surface area contributed by atoms with Crippen molar-refractivity contribution in [1.82, 2.24) is 4.98 Å². The first-order valence-corrected chi connectivity index (χ1v) is 6.98. The van der Waals surface area contributed by atoms with Crippen molar-refractivity contribution in [1.29, 1.82) is 0 Å². The van der Waals surface area contributed by atoms with Crippen LogP contribution in [0.1, 0.15) is 5.69 Å². The van der Waals surface area contributed by atoms with Gasteiger partial charge in [-0.1, -0.05) is 17.1 Å². The summed E-state index contributed by atoms with van der Waals surface area (Å²) in [4.78, 5) is 5.85. The van der Waals surface area contributed by atoms with Crippen LogP contribution in [0.3, 0.4) is 0 Å². The third kappa shape index (κ3) is 4.21. The Morgan fingerprint density at radius 3 is 2.45 bits per heavy atom. The molecule has 1 aromatic rings. The molecule has 0 fully saturated rings. The van der Waals surface area contributed by atoms with E-state index in [1.807, 2.05) is 4.90 Å². The fourth-order valence-corrected chi connectivity index (χ4v) is 1.93. The summed E-state index contributed by atoms with van der Waals surface area (Å²) in [6.07, 6.45) is 3.37. The molecule has 0 aliphatic carbocycles. The summed E-state index contributed by atoms with van der Waals surface area (Å²) in [5.74, 6) is 0.297. The molecule has 1 aromatic heterocycles. The van der Waals surface area contributed by atoms with Crippen LogP contribution in [0.25, 0.3) is 0 Å². The van der Waals surface area contributed by atoms with Gasteiger partial charge in [0.25, 0.3) is 0 Å². The Hall–Kier alpha value is -2.13. The number of rotatable bonds is 7. The van der Waals surface area contributed by atoms with E-state index < -0.39 is 10.4 Å². The number of nitrogens with two attached hydrogens (primary N) is 1. The summed E-state index contributed by atoms with van der Waals surface area (Å²) in [6.45, 7) is 9.88. The van der Waals surface area contributed by atoms with Crippen LogP contribution >= 0.6 is 0 Å². The van der Waals surface area contributed by atoms with Gasteiger partial charge in [0.1, 0.15) is 5.69 Å². The standard InChI is InChI=1S/C11H16N4O4S/c1-4-6-14(7-5-2)10-8-9(3)15(11(12)13-10)19-20(16,17)18/h4-5,8,12H,1-2,6-7H2,3H3,(H,16,17,18)/p+1. The molecule has 0 bridgehead atoms. The van der Waals surface area contributed by atoms with Crippen molar-refractivity contribution in [2.45, 2.75) is 6.92 Å². The van der Waals surface area contributed by atoms with Crippen LogP contribution in [0.15, 0.2) is 31.4 Å². The first-order chi connectivity index (χ1) is 9.28. The molecule has 0 saturated heterocycles. The second-order valence-corrected chi connectivity index (χ2v) is 4.90. The third-order valence-corrected chi connectivity index (χ3v) is 2.62. The molecule has 1 heterocycles. The Balaban J connectivity index is 3.20. The van der Waals surface area contributed by atoms with Crippen LogP contribution in [0.2, 0.25) is 0 Å². The van der Waals surface area contributed by atoms with Gasteiger partial charge in [0.05, 0.1) is 0 Å². The largest absolute Gasteiger partial charge is 0.476 e. The van der Waals surface area contributed by atoms with E-state index in [1.165, 1.54) is 0 Å². The van der Waals surface area contributed by atoms with E-state index in [1.54, 1.807) is 25.1 Å². The second-order valence-electron chi connectivity index (χ2n) is 3.89. The summed E-state index contributed by atoms with van der Waals surface area (Å²) in [6, 6.07) is 1.56. The highest BCUT2D eigenvalue weighted by Gasteiger charge is 2.22. The molecule has 0 aliphatic rings. The molecule has 0 spiro atoms. The van der Waals surface area contributed by atoms with Gasteiger partial charge in [0.15, 0.2) is 0 Å². The van der Waals surface area contributed by atoms with E-state index in [0.29, 0.717) is 24.6 Å². The van der Waals surface area contributed by atoms with Gasteiger partial charge in [-0.15, -0.1) is 13.2 Å². The van der Waals surface area contributed by atoms with Crippen molar-refractivity contribution < 1.29 is 22.0 Å². The predicted octanol–water partition coefficient (Wildman–Crippen LogP) is -0.330. The number of nitrogens with zero attached hydrogens (tertiary/aromatic N) is 3. The van der Waals surface area contributed by atoms with Crippen molar-refractivity contribution >= 4 is 22.2 Å². The van der Waals surface area contributed by atoms with Gasteiger partial charge in [0.2, 0.25) is 5.82 Å². The fourth-order valence-electron chi connectivity index (χ4n) is 1.55. The zero-order chi connectivity index (χ0) is 15.3. The van der Waals surface area contributed by atoms with E-state index in [-0.39, 0.29) is 5.95 Å². The summed E-state index contributed by atoms with van der Waals surface area (Å²) >= 11 is 0. The van der Waals surface area contributed by atoms with Crippen molar-refractivity contribution in [3.8, 4) is 0 Å². The van der Waals surface area contributed by atoms with E-state index in [0.717, 1.165) is 4.73 Å². The smallest absolute Gasteiger partial charge is 0.335 e. The van der Waals surface area contributed by atoms with Crippen LogP contribution < -0.4 is 19.6 Å². The normalized spacial score (nSPS) is 10.9. The minimum Gasteiger partial charge on any atom is -0.335 e. The Morgan fingerprint density at radius 1 is 1.50 bits per heavy atom. The molecule has 8 nitrogen and oxygen atoms in total. The van der Waals surface area contributed by atoms with Gasteiger partial charge >= 0.3 is 16.3 Å². The van der Waals surface area contributed by atoms with Crippen LogP contribution in [0.4, 0.5) is 11.8 Å². The highest BCUT2D eigenvalue weighted by molar-refractivity contribution is 7.80. The zero-order valence-corrected chi connectivity index (χ0v) is 11.9. The lowest BCUT2D eigenvalue weighted by Gasteiger charge is -2.18. The van der Waals surface area contributed by atoms with Gasteiger partial charge in [-0.05, 0) is 11.7 Å². The van der Waals surface area contributed by atoms with Crippen molar-refractivity contribution in [3.63, 3.8) is 0 Å². The molecule has 0 aliphatic heterocycles. The van der Waals surface area contributed by atoms with E-state index >= 15 is 0 Å². The van der Waals surface area contributed by atoms with Gasteiger partial charge in [-0.2, -0.15) is 8.42 Å². The zero-order valence-electron chi connectivity index (χ0n) is 11.1. The topological polar surface area (TPSA) is 110 Å². The molecule has 20 heavy (non-hydrogen) atoms. The maximum absolute atomic E-state index is 10.7. The molecule has 0 unspecified atom stereocenters. The van der Waals surface area contributed by atoms with Crippen LogP contribution in [-0.4, -0.2) is 31.0 Å². The molecule has 9 heteroatoms. The molecule has 110 valence electrons. The Bertz CT molecular complexity index is 582. The number of aromatic nitrogens is 2. The molecular formula is C11H17N4O4S+. The minimum absolute atomic E-state index is 0.212. The molecular weight excluding hydrogens is 284 g/mol. The van der Waals surface area contributed by atoms with E-state index in [2.05, 4.69) is 22.4 Å². The van der Waals surface area contributed by atoms with Crippen molar-refractivity contribution in [2.24, 2.45) is 0 Å². The SMILES string of the molecule is C=CCN(CC=C)c1cc(C)[n+](OS(=O)(=O)O)c(N)n1. The van der Waals surface area contributed by atoms with Crippen LogP contribution in [0.5, 0.6) is 0 Å². The monoisotopic (exact) mass is 301 g/mol. The number of hydrogen-bond acceptors (Lipinski definition) is 6. The Kier molecular flexibility index (Phi) is 5.06. The highest BCUT2D eigenvalue weighted by Crippen LogP contribution is 2.12. The van der Waals surface area contributed by atoms with Crippen LogP contribution in [0, 0.1) is 6.92 Å². The van der Waals surface area contributed by atoms with Gasteiger partial charge < -0.3 is 4.90 Å². The number of anilines is 2. The lowest BCUT2D eigenvalue weighted by molar-refractivity contribution is -0.851. The number of aryl methyl sites for hydroxylation is 1. The van der Waals surface area contributed by atoms with E-state index in [9.17, 15) is 8.42 Å². The third-order valence-electron chi connectivity index (χ3n) is 2.29. The first kappa shape index (κ1) is 15.9. The molecule has 3 N–H and O–H groups in total. The number of hydrogen-bond donors (Lipinski definition) is 2. The Morgan fingerprint density at radius 2 is 2.05 bits per heavy atom. The maximum Gasteiger partial charge on any atom is 0.476 e. The van der Waals surface area contributed by atoms with Crippen molar-refractivity contribution in [2.75, 3.05) is 23.7 Å². The summed E-state index contributed by atoms with van der Waals surface area (Å²) < 4.78 is 35.2. The van der Waals surface area contributed by atoms with Gasteiger partial charge in [-0.25, -0.2) is 4.28 Å². The summed E-state index contributed by atoms with van der Waals surface area (Å²) in [5, 5.41) is 0. The molecule has 0 amide bonds. The Labute approximate surface area is 117 Å². The van der Waals surface area contributed by atoms with Crippen molar-refractivity contribution in [3.05, 3.63) is 37.1 Å². The van der Waals surface area contributed by atoms with Gasteiger partial charge in [-0.3, -0.25) is 10.3 Å². The molecule has 0 radical (unpaired) electrons. The minimum atomic E-state index is -4.68. The first-order valence-electron chi connectivity index (χ1n) is 5.61. The second kappa shape index (κ2) is 6.35. The molecule has 0 aromatic carbocycles. The van der Waals surface area contributed by atoms with E-state index in [4.69, 9.17) is 10.3 Å². The average Bonchev–Trinajstić information content (AvgIpc) is 2.32.